The summed E-state index contributed by atoms with van der Waals surface area (Å²) in [6.07, 6.45) is 2.31. The molecule has 0 saturated heterocycles. The van der Waals surface area contributed by atoms with E-state index in [0.29, 0.717) is 17.6 Å². The van der Waals surface area contributed by atoms with Crippen LogP contribution in [0.25, 0.3) is 0 Å². The minimum absolute atomic E-state index is 0.215. The van der Waals surface area contributed by atoms with E-state index in [-0.39, 0.29) is 5.91 Å². The van der Waals surface area contributed by atoms with Gasteiger partial charge in [0.1, 0.15) is 17.3 Å². The van der Waals surface area contributed by atoms with Crippen molar-refractivity contribution in [1.82, 2.24) is 9.97 Å². The van der Waals surface area contributed by atoms with Crippen LogP contribution in [0.15, 0.2) is 24.3 Å². The zero-order valence-electron chi connectivity index (χ0n) is 16.0. The molecule has 0 atom stereocenters. The third-order valence-corrected chi connectivity index (χ3v) is 4.59. The van der Waals surface area contributed by atoms with Crippen molar-refractivity contribution in [2.45, 2.75) is 46.6 Å². The number of hydrogen-bond donors (Lipinski definition) is 2. The minimum atomic E-state index is -0.215. The first kappa shape index (κ1) is 18.2. The van der Waals surface area contributed by atoms with E-state index >= 15 is 0 Å². The fourth-order valence-electron chi connectivity index (χ4n) is 2.95. The number of carbonyl (C=O) groups is 1. The molecule has 1 heterocycles. The highest BCUT2D eigenvalue weighted by atomic mass is 16.1. The fourth-order valence-corrected chi connectivity index (χ4v) is 2.95. The van der Waals surface area contributed by atoms with Crippen LogP contribution in [0.2, 0.25) is 0 Å². The Labute approximate surface area is 155 Å². The maximum Gasteiger partial charge on any atom is 0.274 e. The molecule has 138 valence electrons. The highest BCUT2D eigenvalue weighted by Gasteiger charge is 2.22. The first-order valence-electron chi connectivity index (χ1n) is 9.29. The van der Waals surface area contributed by atoms with E-state index in [4.69, 9.17) is 0 Å². The van der Waals surface area contributed by atoms with Gasteiger partial charge >= 0.3 is 0 Å². The van der Waals surface area contributed by atoms with Crippen LogP contribution in [0.4, 0.5) is 17.2 Å². The Kier molecular flexibility index (Phi) is 5.40. The molecule has 0 bridgehead atoms. The number of aromatic nitrogens is 2. The van der Waals surface area contributed by atoms with Gasteiger partial charge in [-0.05, 0) is 64.3 Å². The number of aryl methyl sites for hydroxylation is 2. The molecule has 6 nitrogen and oxygen atoms in total. The van der Waals surface area contributed by atoms with Crippen molar-refractivity contribution in [2.75, 3.05) is 28.6 Å². The predicted molar refractivity (Wildman–Crippen MR) is 106 cm³/mol. The molecule has 2 N–H and O–H groups in total. The molecular weight excluding hydrogens is 326 g/mol. The summed E-state index contributed by atoms with van der Waals surface area (Å²) in [5.41, 5.74) is 3.39. The van der Waals surface area contributed by atoms with Crippen molar-refractivity contribution in [3.63, 3.8) is 0 Å². The van der Waals surface area contributed by atoms with E-state index in [9.17, 15) is 4.79 Å². The van der Waals surface area contributed by atoms with E-state index in [1.165, 1.54) is 5.69 Å². The average molecular weight is 353 g/mol. The molecule has 0 unspecified atom stereocenters. The zero-order chi connectivity index (χ0) is 18.7. The number of nitrogens with one attached hydrogen (secondary N) is 2. The first-order chi connectivity index (χ1) is 12.5. The molecule has 3 rings (SSSR count). The molecule has 0 aliphatic heterocycles. The van der Waals surface area contributed by atoms with Crippen LogP contribution in [-0.2, 0) is 0 Å². The second-order valence-electron chi connectivity index (χ2n) is 6.73. The Morgan fingerprint density at radius 1 is 1.15 bits per heavy atom. The van der Waals surface area contributed by atoms with Crippen LogP contribution in [0.5, 0.6) is 0 Å². The van der Waals surface area contributed by atoms with Crippen molar-refractivity contribution in [2.24, 2.45) is 0 Å². The largest absolute Gasteiger partial charge is 0.372 e. The van der Waals surface area contributed by atoms with Crippen molar-refractivity contribution in [3.8, 4) is 0 Å². The second kappa shape index (κ2) is 7.72. The van der Waals surface area contributed by atoms with E-state index < -0.39 is 0 Å². The third kappa shape index (κ3) is 4.31. The van der Waals surface area contributed by atoms with Crippen LogP contribution < -0.4 is 15.5 Å². The maximum absolute atomic E-state index is 12.7. The summed E-state index contributed by atoms with van der Waals surface area (Å²) in [4.78, 5) is 23.6. The summed E-state index contributed by atoms with van der Waals surface area (Å²) in [5.74, 6) is 1.10. The summed E-state index contributed by atoms with van der Waals surface area (Å²) in [7, 11) is 0. The van der Waals surface area contributed by atoms with Gasteiger partial charge in [0.05, 0.1) is 0 Å². The molecule has 2 aromatic rings. The Hall–Kier alpha value is -2.63. The monoisotopic (exact) mass is 353 g/mol. The van der Waals surface area contributed by atoms with Crippen LogP contribution in [-0.4, -0.2) is 35.0 Å². The van der Waals surface area contributed by atoms with Gasteiger partial charge in [0.2, 0.25) is 0 Å². The Balaban J connectivity index is 1.76. The van der Waals surface area contributed by atoms with Crippen molar-refractivity contribution < 1.29 is 4.79 Å². The van der Waals surface area contributed by atoms with Crippen LogP contribution in [0.3, 0.4) is 0 Å². The summed E-state index contributed by atoms with van der Waals surface area (Å²) in [6, 6.07) is 8.31. The SMILES string of the molecule is CCN(CC)c1ccc(NC(=O)c2cc(NC3CC3)nc(C)n2)c(C)c1. The lowest BCUT2D eigenvalue weighted by molar-refractivity contribution is 0.102. The number of rotatable bonds is 7. The van der Waals surface area contributed by atoms with Gasteiger partial charge in [0.15, 0.2) is 0 Å². The average Bonchev–Trinajstić information content (AvgIpc) is 3.41. The number of nitrogens with zero attached hydrogens (tertiary/aromatic N) is 3. The topological polar surface area (TPSA) is 70.2 Å². The third-order valence-electron chi connectivity index (χ3n) is 4.59. The molecule has 1 aromatic carbocycles. The molecule has 1 fully saturated rings. The van der Waals surface area contributed by atoms with Gasteiger partial charge in [-0.1, -0.05) is 0 Å². The van der Waals surface area contributed by atoms with E-state index in [2.05, 4.69) is 45.4 Å². The molecule has 0 radical (unpaired) electrons. The van der Waals surface area contributed by atoms with Crippen LogP contribution >= 0.6 is 0 Å². The highest BCUT2D eigenvalue weighted by molar-refractivity contribution is 6.03. The lowest BCUT2D eigenvalue weighted by Gasteiger charge is -2.22. The van der Waals surface area contributed by atoms with Crippen molar-refractivity contribution in [1.29, 1.82) is 0 Å². The van der Waals surface area contributed by atoms with Gasteiger partial charge in [-0.2, -0.15) is 0 Å². The normalized spacial score (nSPS) is 13.4. The summed E-state index contributed by atoms with van der Waals surface area (Å²) in [6.45, 7) is 10.0. The molecule has 1 aliphatic carbocycles. The maximum atomic E-state index is 12.7. The number of anilines is 3. The van der Waals surface area contributed by atoms with E-state index in [0.717, 1.165) is 43.0 Å². The first-order valence-corrected chi connectivity index (χ1v) is 9.29. The van der Waals surface area contributed by atoms with Gasteiger partial charge in [-0.15, -0.1) is 0 Å². The van der Waals surface area contributed by atoms with Gasteiger partial charge < -0.3 is 15.5 Å². The van der Waals surface area contributed by atoms with Crippen LogP contribution in [0, 0.1) is 13.8 Å². The van der Waals surface area contributed by atoms with Gasteiger partial charge in [-0.3, -0.25) is 4.79 Å². The molecule has 0 spiro atoms. The molecule has 6 heteroatoms. The molecule has 26 heavy (non-hydrogen) atoms. The molecule has 1 aliphatic rings. The Bertz CT molecular complexity index is 797. The van der Waals surface area contributed by atoms with Crippen molar-refractivity contribution in [3.05, 3.63) is 41.3 Å². The second-order valence-corrected chi connectivity index (χ2v) is 6.73. The summed E-state index contributed by atoms with van der Waals surface area (Å²) < 4.78 is 0. The van der Waals surface area contributed by atoms with Crippen LogP contribution in [0.1, 0.15) is 48.6 Å². The summed E-state index contributed by atoms with van der Waals surface area (Å²) in [5, 5.41) is 6.30. The quantitative estimate of drug-likeness (QED) is 0.793. The molecule has 1 saturated carbocycles. The van der Waals surface area contributed by atoms with Crippen molar-refractivity contribution >= 4 is 23.1 Å². The van der Waals surface area contributed by atoms with E-state index in [1.807, 2.05) is 19.1 Å². The fraction of sp³-hybridized carbons (Fsp3) is 0.450. The lowest BCUT2D eigenvalue weighted by atomic mass is 10.1. The Morgan fingerprint density at radius 2 is 1.88 bits per heavy atom. The highest BCUT2D eigenvalue weighted by Crippen LogP contribution is 2.25. The Morgan fingerprint density at radius 3 is 2.50 bits per heavy atom. The smallest absolute Gasteiger partial charge is 0.274 e. The molecule has 1 amide bonds. The number of carbonyl (C=O) groups excluding carboxylic acids is 1. The minimum Gasteiger partial charge on any atom is -0.372 e. The molecular formula is C20H27N5O. The number of hydrogen-bond acceptors (Lipinski definition) is 5. The standard InChI is InChI=1S/C20H27N5O/c1-5-25(6-2)16-9-10-17(13(3)11-16)24-20(26)18-12-19(22-14(4)21-18)23-15-7-8-15/h9-12,15H,5-8H2,1-4H3,(H,24,26)(H,21,22,23). The van der Waals surface area contributed by atoms with E-state index in [1.54, 1.807) is 13.0 Å². The van der Waals surface area contributed by atoms with Gasteiger partial charge in [0, 0.05) is 36.6 Å². The van der Waals surface area contributed by atoms with Gasteiger partial charge in [-0.25, -0.2) is 9.97 Å². The zero-order valence-corrected chi connectivity index (χ0v) is 16.0. The number of benzene rings is 1. The number of amides is 1. The van der Waals surface area contributed by atoms with Gasteiger partial charge in [0.25, 0.3) is 5.91 Å². The predicted octanol–water partition coefficient (Wildman–Crippen LogP) is 3.77. The molecule has 1 aromatic heterocycles. The summed E-state index contributed by atoms with van der Waals surface area (Å²) >= 11 is 0. The lowest BCUT2D eigenvalue weighted by Crippen LogP contribution is -2.22.